The van der Waals surface area contributed by atoms with E-state index in [0.717, 1.165) is 28.0 Å². The molecule has 3 heterocycles. The van der Waals surface area contributed by atoms with Crippen LogP contribution >= 0.6 is 23.1 Å². The summed E-state index contributed by atoms with van der Waals surface area (Å²) in [5, 5.41) is 11.1. The Bertz CT molecular complexity index is 935. The Balaban J connectivity index is 1.54. The first-order valence-corrected chi connectivity index (χ1v) is 10.3. The van der Waals surface area contributed by atoms with E-state index < -0.39 is 0 Å². The minimum atomic E-state index is -0.234. The fourth-order valence-electron chi connectivity index (χ4n) is 3.34. The van der Waals surface area contributed by atoms with Gasteiger partial charge in [-0.15, -0.1) is 21.5 Å². The molecule has 1 aliphatic heterocycles. The predicted molar refractivity (Wildman–Crippen MR) is 107 cm³/mol. The highest BCUT2D eigenvalue weighted by Gasteiger charge is 2.34. The van der Waals surface area contributed by atoms with Gasteiger partial charge in [0.05, 0.1) is 10.1 Å². The first-order valence-electron chi connectivity index (χ1n) is 8.57. The van der Waals surface area contributed by atoms with Crippen LogP contribution in [-0.4, -0.2) is 32.0 Å². The molecule has 0 aliphatic carbocycles. The maximum atomic E-state index is 13.1. The summed E-state index contributed by atoms with van der Waals surface area (Å²) in [6.45, 7) is 4.05. The summed E-state index contributed by atoms with van der Waals surface area (Å²) in [5.74, 6) is 0.954. The number of hydrogen-bond donors (Lipinski definition) is 0. The van der Waals surface area contributed by atoms with Gasteiger partial charge in [-0.25, -0.2) is 0 Å². The van der Waals surface area contributed by atoms with Gasteiger partial charge in [-0.1, -0.05) is 36.0 Å². The van der Waals surface area contributed by atoms with Crippen LogP contribution in [-0.2, 0) is 18.3 Å². The Morgan fingerprint density at radius 1 is 1.27 bits per heavy atom. The Morgan fingerprint density at radius 2 is 2.08 bits per heavy atom. The average molecular weight is 385 g/mol. The Kier molecular flexibility index (Phi) is 4.58. The third-order valence-corrected chi connectivity index (χ3v) is 6.64. The summed E-state index contributed by atoms with van der Waals surface area (Å²) in [6, 6.07) is 12.4. The molecular formula is C19H20N4OS2. The Morgan fingerprint density at radius 3 is 2.85 bits per heavy atom. The van der Waals surface area contributed by atoms with Crippen molar-refractivity contribution in [3.05, 3.63) is 47.3 Å². The van der Waals surface area contributed by atoms with E-state index in [1.54, 1.807) is 11.3 Å². The molecule has 7 heteroatoms. The minimum Gasteiger partial charge on any atom is -0.308 e. The maximum absolute atomic E-state index is 13.1. The summed E-state index contributed by atoms with van der Waals surface area (Å²) >= 11 is 3.10. The molecule has 0 radical (unpaired) electrons. The van der Waals surface area contributed by atoms with Crippen molar-refractivity contribution < 1.29 is 4.79 Å². The third-order valence-electron chi connectivity index (χ3n) is 4.65. The van der Waals surface area contributed by atoms with Crippen molar-refractivity contribution in [1.82, 2.24) is 14.8 Å². The van der Waals surface area contributed by atoms with E-state index in [-0.39, 0.29) is 17.2 Å². The van der Waals surface area contributed by atoms with Crippen molar-refractivity contribution in [2.24, 2.45) is 7.05 Å². The van der Waals surface area contributed by atoms with Crippen LogP contribution in [0.3, 0.4) is 0 Å². The van der Waals surface area contributed by atoms with Gasteiger partial charge in [0.2, 0.25) is 5.91 Å². The number of fused-ring (bicyclic) bond motifs is 1. The van der Waals surface area contributed by atoms with Crippen LogP contribution in [0.25, 0.3) is 10.7 Å². The van der Waals surface area contributed by atoms with Gasteiger partial charge in [-0.05, 0) is 43.3 Å². The van der Waals surface area contributed by atoms with Gasteiger partial charge in [0.1, 0.15) is 0 Å². The minimum absolute atomic E-state index is 0.119. The molecule has 2 aromatic heterocycles. The van der Waals surface area contributed by atoms with Crippen molar-refractivity contribution >= 4 is 34.7 Å². The van der Waals surface area contributed by atoms with Gasteiger partial charge < -0.3 is 9.47 Å². The van der Waals surface area contributed by atoms with Crippen LogP contribution in [0.4, 0.5) is 5.69 Å². The van der Waals surface area contributed by atoms with Crippen LogP contribution in [0.1, 0.15) is 19.4 Å². The first-order chi connectivity index (χ1) is 12.6. The Labute approximate surface area is 161 Å². The van der Waals surface area contributed by atoms with Crippen molar-refractivity contribution in [3.8, 4) is 10.7 Å². The second-order valence-electron chi connectivity index (χ2n) is 6.49. The van der Waals surface area contributed by atoms with Gasteiger partial charge in [0.25, 0.3) is 0 Å². The van der Waals surface area contributed by atoms with Gasteiger partial charge in [-0.2, -0.15) is 0 Å². The van der Waals surface area contributed by atoms with Crippen molar-refractivity contribution in [2.75, 3.05) is 4.90 Å². The van der Waals surface area contributed by atoms with E-state index in [1.165, 1.54) is 17.3 Å². The number of aromatic nitrogens is 3. The summed E-state index contributed by atoms with van der Waals surface area (Å²) < 4.78 is 1.96. The molecule has 2 atom stereocenters. The molecule has 3 aromatic rings. The molecule has 4 rings (SSSR count). The highest BCUT2D eigenvalue weighted by molar-refractivity contribution is 8.00. The molecule has 2 unspecified atom stereocenters. The molecule has 0 fully saturated rings. The summed E-state index contributed by atoms with van der Waals surface area (Å²) in [7, 11) is 1.95. The number of amides is 1. The zero-order chi connectivity index (χ0) is 18.3. The standard InChI is InChI=1S/C19H20N4OS2/c1-12-11-14-7-4-5-8-15(14)23(12)18(24)13(2)26-19-21-20-17(22(19)3)16-9-6-10-25-16/h4-10,12-13H,11H2,1-3H3. The number of carbonyl (C=O) groups is 1. The smallest absolute Gasteiger partial charge is 0.240 e. The van der Waals surface area contributed by atoms with E-state index in [9.17, 15) is 4.79 Å². The quantitative estimate of drug-likeness (QED) is 0.638. The molecule has 1 amide bonds. The SMILES string of the molecule is CC(Sc1nnc(-c2cccs2)n1C)C(=O)N1c2ccccc2CC1C. The fraction of sp³-hybridized carbons (Fsp3) is 0.316. The van der Waals surface area contributed by atoms with Crippen LogP contribution < -0.4 is 4.90 Å². The molecule has 0 spiro atoms. The number of thiophene rings is 1. The van der Waals surface area contributed by atoms with E-state index in [1.807, 2.05) is 59.2 Å². The summed E-state index contributed by atoms with van der Waals surface area (Å²) in [5.41, 5.74) is 2.28. The maximum Gasteiger partial charge on any atom is 0.240 e. The first kappa shape index (κ1) is 17.3. The highest BCUT2D eigenvalue weighted by atomic mass is 32.2. The van der Waals surface area contributed by atoms with Crippen LogP contribution in [0.15, 0.2) is 46.9 Å². The molecule has 0 saturated carbocycles. The highest BCUT2D eigenvalue weighted by Crippen LogP contribution is 2.35. The number of benzene rings is 1. The average Bonchev–Trinajstić information content (AvgIpc) is 3.33. The van der Waals surface area contributed by atoms with Crippen LogP contribution in [0.2, 0.25) is 0 Å². The number of thioether (sulfide) groups is 1. The number of anilines is 1. The number of nitrogens with zero attached hydrogens (tertiary/aromatic N) is 4. The zero-order valence-corrected chi connectivity index (χ0v) is 16.5. The predicted octanol–water partition coefficient (Wildman–Crippen LogP) is 4.00. The lowest BCUT2D eigenvalue weighted by Crippen LogP contribution is -2.40. The number of para-hydroxylation sites is 1. The van der Waals surface area contributed by atoms with E-state index in [0.29, 0.717) is 0 Å². The Hall–Kier alpha value is -2.12. The van der Waals surface area contributed by atoms with Crippen molar-refractivity contribution in [2.45, 2.75) is 36.7 Å². The second kappa shape index (κ2) is 6.89. The summed E-state index contributed by atoms with van der Waals surface area (Å²) in [4.78, 5) is 16.1. The monoisotopic (exact) mass is 384 g/mol. The van der Waals surface area contributed by atoms with E-state index in [2.05, 4.69) is 23.2 Å². The van der Waals surface area contributed by atoms with Crippen LogP contribution in [0, 0.1) is 0 Å². The number of rotatable bonds is 4. The molecule has 5 nitrogen and oxygen atoms in total. The van der Waals surface area contributed by atoms with Gasteiger partial charge in [0, 0.05) is 18.8 Å². The molecule has 1 aliphatic rings. The van der Waals surface area contributed by atoms with E-state index >= 15 is 0 Å². The van der Waals surface area contributed by atoms with Crippen molar-refractivity contribution in [1.29, 1.82) is 0 Å². The lowest BCUT2D eigenvalue weighted by atomic mass is 10.1. The molecule has 26 heavy (non-hydrogen) atoms. The lowest BCUT2D eigenvalue weighted by Gasteiger charge is -2.25. The zero-order valence-electron chi connectivity index (χ0n) is 14.9. The largest absolute Gasteiger partial charge is 0.308 e. The normalized spacial score (nSPS) is 17.3. The molecule has 0 N–H and O–H groups in total. The van der Waals surface area contributed by atoms with Gasteiger partial charge >= 0.3 is 0 Å². The van der Waals surface area contributed by atoms with Gasteiger partial charge in [0.15, 0.2) is 11.0 Å². The van der Waals surface area contributed by atoms with Crippen LogP contribution in [0.5, 0.6) is 0 Å². The molecule has 0 saturated heterocycles. The second-order valence-corrected chi connectivity index (χ2v) is 8.75. The van der Waals surface area contributed by atoms with Crippen molar-refractivity contribution in [3.63, 3.8) is 0 Å². The lowest BCUT2D eigenvalue weighted by molar-refractivity contribution is -0.118. The summed E-state index contributed by atoms with van der Waals surface area (Å²) in [6.07, 6.45) is 0.909. The molecule has 1 aromatic carbocycles. The fourth-order valence-corrected chi connectivity index (χ4v) is 4.95. The molecular weight excluding hydrogens is 364 g/mol. The van der Waals surface area contributed by atoms with Gasteiger partial charge in [-0.3, -0.25) is 4.79 Å². The third kappa shape index (κ3) is 2.95. The molecule has 134 valence electrons. The topological polar surface area (TPSA) is 51.0 Å². The number of hydrogen-bond acceptors (Lipinski definition) is 5. The molecule has 0 bridgehead atoms. The van der Waals surface area contributed by atoms with E-state index in [4.69, 9.17) is 0 Å². The number of carbonyl (C=O) groups excluding carboxylic acids is 1.